The molecule has 1 aromatic carbocycles. The van der Waals surface area contributed by atoms with E-state index in [9.17, 15) is 14.9 Å². The maximum Gasteiger partial charge on any atom is 0.282 e. The minimum absolute atomic E-state index is 0.0687. The van der Waals surface area contributed by atoms with Gasteiger partial charge in [-0.25, -0.2) is 0 Å². The molecular weight excluding hydrogens is 268 g/mol. The molecule has 1 aromatic rings. The van der Waals surface area contributed by atoms with E-state index in [1.807, 2.05) is 0 Å². The Balaban J connectivity index is 2.35. The molecule has 0 aromatic heterocycles. The van der Waals surface area contributed by atoms with E-state index in [1.54, 1.807) is 24.0 Å². The van der Waals surface area contributed by atoms with Crippen LogP contribution in [0.4, 0.5) is 5.69 Å². The van der Waals surface area contributed by atoms with Gasteiger partial charge < -0.3 is 4.90 Å². The third-order valence-corrected chi connectivity index (χ3v) is 3.67. The molecule has 1 heterocycles. The number of nitro benzene ring substituents is 1. The Hall–Kier alpha value is -1.62. The van der Waals surface area contributed by atoms with Gasteiger partial charge in [-0.1, -0.05) is 12.1 Å². The summed E-state index contributed by atoms with van der Waals surface area (Å²) in [5, 5.41) is 11.0. The Kier molecular flexibility index (Phi) is 4.04. The van der Waals surface area contributed by atoms with Crippen molar-refractivity contribution in [1.29, 1.82) is 0 Å². The van der Waals surface area contributed by atoms with Crippen molar-refractivity contribution in [3.63, 3.8) is 0 Å². The fraction of sp³-hybridized carbons (Fsp3) is 0.462. The lowest BCUT2D eigenvalue weighted by atomic mass is 10.0. The molecule has 1 amide bonds. The Morgan fingerprint density at radius 3 is 2.89 bits per heavy atom. The van der Waals surface area contributed by atoms with E-state index in [-0.39, 0.29) is 22.5 Å². The summed E-state index contributed by atoms with van der Waals surface area (Å²) < 4.78 is 0. The molecule has 1 saturated heterocycles. The fourth-order valence-electron chi connectivity index (χ4n) is 2.35. The number of carbonyl (C=O) groups is 1. The highest BCUT2D eigenvalue weighted by Crippen LogP contribution is 2.25. The molecule has 1 unspecified atom stereocenters. The van der Waals surface area contributed by atoms with Crippen LogP contribution in [0.25, 0.3) is 0 Å². The highest BCUT2D eigenvalue weighted by molar-refractivity contribution is 6.21. The van der Waals surface area contributed by atoms with Crippen molar-refractivity contribution in [2.75, 3.05) is 13.1 Å². The van der Waals surface area contributed by atoms with Gasteiger partial charge in [0, 0.05) is 19.2 Å². The number of rotatable bonds is 2. The number of nitro groups is 1. The smallest absolute Gasteiger partial charge is 0.282 e. The van der Waals surface area contributed by atoms with Crippen molar-refractivity contribution in [3.8, 4) is 0 Å². The summed E-state index contributed by atoms with van der Waals surface area (Å²) in [4.78, 5) is 24.6. The summed E-state index contributed by atoms with van der Waals surface area (Å²) >= 11 is 6.06. The van der Waals surface area contributed by atoms with Crippen LogP contribution < -0.4 is 0 Å². The molecule has 1 fully saturated rings. The minimum Gasteiger partial charge on any atom is -0.337 e. The number of hydrogen-bond donors (Lipinski definition) is 0. The molecule has 1 atom stereocenters. The van der Waals surface area contributed by atoms with Crippen molar-refractivity contribution < 1.29 is 9.72 Å². The number of alkyl halides is 1. The highest BCUT2D eigenvalue weighted by Gasteiger charge is 2.29. The van der Waals surface area contributed by atoms with Crippen molar-refractivity contribution in [1.82, 2.24) is 4.90 Å². The van der Waals surface area contributed by atoms with Crippen LogP contribution in [0.15, 0.2) is 18.2 Å². The first-order chi connectivity index (χ1) is 9.00. The quantitative estimate of drug-likeness (QED) is 0.476. The molecule has 0 bridgehead atoms. The Morgan fingerprint density at radius 2 is 2.26 bits per heavy atom. The number of hydrogen-bond acceptors (Lipinski definition) is 3. The second-order valence-electron chi connectivity index (χ2n) is 4.72. The van der Waals surface area contributed by atoms with Crippen LogP contribution in [0.3, 0.4) is 0 Å². The number of halogens is 1. The van der Waals surface area contributed by atoms with Gasteiger partial charge in [0.15, 0.2) is 0 Å². The largest absolute Gasteiger partial charge is 0.337 e. The van der Waals surface area contributed by atoms with E-state index in [0.717, 1.165) is 12.8 Å². The number of amides is 1. The topological polar surface area (TPSA) is 63.5 Å². The van der Waals surface area contributed by atoms with Gasteiger partial charge in [-0.3, -0.25) is 14.9 Å². The molecule has 6 heteroatoms. The summed E-state index contributed by atoms with van der Waals surface area (Å²) in [6.45, 7) is 2.77. The maximum atomic E-state index is 12.5. The molecule has 0 radical (unpaired) electrons. The van der Waals surface area contributed by atoms with Crippen molar-refractivity contribution in [2.45, 2.75) is 25.1 Å². The second kappa shape index (κ2) is 5.57. The molecule has 19 heavy (non-hydrogen) atoms. The molecular formula is C13H15ClN2O3. The monoisotopic (exact) mass is 282 g/mol. The van der Waals surface area contributed by atoms with Gasteiger partial charge in [0.25, 0.3) is 11.6 Å². The Bertz CT molecular complexity index is 519. The molecule has 2 rings (SSSR count). The highest BCUT2D eigenvalue weighted by atomic mass is 35.5. The van der Waals surface area contributed by atoms with Gasteiger partial charge in [0.2, 0.25) is 0 Å². The summed E-state index contributed by atoms with van der Waals surface area (Å²) in [7, 11) is 0. The van der Waals surface area contributed by atoms with E-state index in [4.69, 9.17) is 11.6 Å². The third-order valence-electron chi connectivity index (χ3n) is 3.31. The lowest BCUT2D eigenvalue weighted by molar-refractivity contribution is -0.385. The van der Waals surface area contributed by atoms with Crippen LogP contribution in [0, 0.1) is 17.0 Å². The van der Waals surface area contributed by atoms with Crippen LogP contribution in [0.5, 0.6) is 0 Å². The number of aryl methyl sites for hydroxylation is 1. The van der Waals surface area contributed by atoms with Gasteiger partial charge in [-0.05, 0) is 25.3 Å². The zero-order valence-electron chi connectivity index (χ0n) is 10.6. The summed E-state index contributed by atoms with van der Waals surface area (Å²) in [6, 6.07) is 4.66. The first-order valence-corrected chi connectivity index (χ1v) is 6.61. The predicted molar refractivity (Wildman–Crippen MR) is 72.6 cm³/mol. The normalized spacial score (nSPS) is 19.3. The summed E-state index contributed by atoms with van der Waals surface area (Å²) in [5.41, 5.74) is 0.663. The van der Waals surface area contributed by atoms with Gasteiger partial charge in [0.05, 0.1) is 10.3 Å². The van der Waals surface area contributed by atoms with Crippen LogP contribution in [-0.4, -0.2) is 34.2 Å². The molecule has 5 nitrogen and oxygen atoms in total. The van der Waals surface area contributed by atoms with E-state index in [2.05, 4.69) is 0 Å². The van der Waals surface area contributed by atoms with Crippen LogP contribution >= 0.6 is 11.6 Å². The van der Waals surface area contributed by atoms with Gasteiger partial charge in [-0.15, -0.1) is 11.6 Å². The molecule has 0 N–H and O–H groups in total. The lowest BCUT2D eigenvalue weighted by Crippen LogP contribution is -2.40. The Labute approximate surface area is 116 Å². The zero-order chi connectivity index (χ0) is 14.0. The molecule has 102 valence electrons. The van der Waals surface area contributed by atoms with Gasteiger partial charge in [0.1, 0.15) is 5.56 Å². The van der Waals surface area contributed by atoms with Gasteiger partial charge >= 0.3 is 0 Å². The number of piperidine rings is 1. The lowest BCUT2D eigenvalue weighted by Gasteiger charge is -2.30. The van der Waals surface area contributed by atoms with Crippen molar-refractivity contribution in [2.24, 2.45) is 0 Å². The minimum atomic E-state index is -0.512. The number of likely N-dealkylation sites (tertiary alicyclic amines) is 1. The number of carbonyl (C=O) groups excluding carboxylic acids is 1. The van der Waals surface area contributed by atoms with E-state index >= 15 is 0 Å². The second-order valence-corrected chi connectivity index (χ2v) is 5.33. The molecule has 0 saturated carbocycles. The summed E-state index contributed by atoms with van der Waals surface area (Å²) in [5.74, 6) is -0.296. The van der Waals surface area contributed by atoms with Crippen LogP contribution in [-0.2, 0) is 0 Å². The SMILES string of the molecule is Cc1cccc([N+](=O)[O-])c1C(=O)N1CCCC(Cl)C1. The first-order valence-electron chi connectivity index (χ1n) is 6.18. The first kappa shape index (κ1) is 13.8. The van der Waals surface area contributed by atoms with E-state index < -0.39 is 4.92 Å². The van der Waals surface area contributed by atoms with Crippen molar-refractivity contribution in [3.05, 3.63) is 39.4 Å². The van der Waals surface area contributed by atoms with Crippen LogP contribution in [0.2, 0.25) is 0 Å². The van der Waals surface area contributed by atoms with Crippen LogP contribution in [0.1, 0.15) is 28.8 Å². The maximum absolute atomic E-state index is 12.5. The average molecular weight is 283 g/mol. The predicted octanol–water partition coefficient (Wildman–Crippen LogP) is 2.75. The molecule has 0 spiro atoms. The molecule has 1 aliphatic rings. The fourth-order valence-corrected chi connectivity index (χ4v) is 2.67. The third kappa shape index (κ3) is 2.87. The number of nitrogens with zero attached hydrogens (tertiary/aromatic N) is 2. The average Bonchev–Trinajstić information content (AvgIpc) is 2.37. The molecule has 1 aliphatic heterocycles. The standard InChI is InChI=1S/C13H15ClN2O3/c1-9-4-2-6-11(16(18)19)12(9)13(17)15-7-3-5-10(14)8-15/h2,4,6,10H,3,5,7-8H2,1H3. The number of benzene rings is 1. The Morgan fingerprint density at radius 1 is 1.53 bits per heavy atom. The van der Waals surface area contributed by atoms with E-state index in [1.165, 1.54) is 6.07 Å². The van der Waals surface area contributed by atoms with Gasteiger partial charge in [-0.2, -0.15) is 0 Å². The zero-order valence-corrected chi connectivity index (χ0v) is 11.4. The van der Waals surface area contributed by atoms with E-state index in [0.29, 0.717) is 18.7 Å². The van der Waals surface area contributed by atoms with Crippen molar-refractivity contribution >= 4 is 23.2 Å². The summed E-state index contributed by atoms with van der Waals surface area (Å²) in [6.07, 6.45) is 1.71. The molecule has 0 aliphatic carbocycles.